The van der Waals surface area contributed by atoms with Crippen molar-refractivity contribution in [1.29, 1.82) is 0 Å². The Balaban J connectivity index is 1.66. The minimum atomic E-state index is 0.772. The molecular weight excluding hydrogens is 224 g/mol. The van der Waals surface area contributed by atoms with Crippen LogP contribution < -0.4 is 0 Å². The van der Waals surface area contributed by atoms with Gasteiger partial charge in [-0.25, -0.2) is 9.97 Å². The summed E-state index contributed by atoms with van der Waals surface area (Å²) in [5, 5.41) is 0. The predicted molar refractivity (Wildman–Crippen MR) is 72.4 cm³/mol. The molecule has 0 unspecified atom stereocenters. The van der Waals surface area contributed by atoms with Gasteiger partial charge >= 0.3 is 0 Å². The quantitative estimate of drug-likeness (QED) is 0.900. The molecule has 18 heavy (non-hydrogen) atoms. The number of pyridine rings is 1. The fourth-order valence-electron chi connectivity index (χ4n) is 2.77. The molecule has 0 bridgehead atoms. The number of piperidine rings is 1. The van der Waals surface area contributed by atoms with Gasteiger partial charge in [0.25, 0.3) is 0 Å². The molecule has 1 aliphatic heterocycles. The predicted octanol–water partition coefficient (Wildman–Crippen LogP) is 2.23. The lowest BCUT2D eigenvalue weighted by Gasteiger charge is -2.30. The number of rotatable bonds is 3. The van der Waals surface area contributed by atoms with E-state index in [9.17, 15) is 0 Å². The Morgan fingerprint density at radius 3 is 2.94 bits per heavy atom. The second-order valence-corrected chi connectivity index (χ2v) is 5.14. The van der Waals surface area contributed by atoms with Crippen molar-refractivity contribution in [2.45, 2.75) is 26.2 Å². The third kappa shape index (κ3) is 2.38. The van der Waals surface area contributed by atoms with Crippen LogP contribution in [0.1, 0.15) is 25.6 Å². The van der Waals surface area contributed by atoms with E-state index in [-0.39, 0.29) is 0 Å². The number of imidazole rings is 1. The molecule has 1 saturated heterocycles. The second-order valence-electron chi connectivity index (χ2n) is 5.14. The number of hydrogen-bond acceptors (Lipinski definition) is 3. The normalized spacial score (nSPS) is 18.5. The topological polar surface area (TPSA) is 44.8 Å². The summed E-state index contributed by atoms with van der Waals surface area (Å²) in [6, 6.07) is 3.99. The first-order chi connectivity index (χ1) is 8.85. The third-order valence-electron chi connectivity index (χ3n) is 3.94. The Bertz CT molecular complexity index is 478. The first-order valence-electron chi connectivity index (χ1n) is 6.87. The molecule has 1 fully saturated rings. The van der Waals surface area contributed by atoms with E-state index in [4.69, 9.17) is 0 Å². The zero-order chi connectivity index (χ0) is 12.4. The van der Waals surface area contributed by atoms with E-state index in [1.807, 2.05) is 12.1 Å². The summed E-state index contributed by atoms with van der Waals surface area (Å²) in [6.07, 6.45) is 5.44. The van der Waals surface area contributed by atoms with Crippen LogP contribution in [0.3, 0.4) is 0 Å². The molecule has 0 radical (unpaired) electrons. The van der Waals surface area contributed by atoms with Crippen LogP contribution in [0.15, 0.2) is 18.3 Å². The molecule has 0 spiro atoms. The van der Waals surface area contributed by atoms with Crippen molar-refractivity contribution in [1.82, 2.24) is 19.9 Å². The van der Waals surface area contributed by atoms with Gasteiger partial charge < -0.3 is 9.88 Å². The van der Waals surface area contributed by atoms with Crippen molar-refractivity contribution < 1.29 is 0 Å². The summed E-state index contributed by atoms with van der Waals surface area (Å²) in [5.74, 6) is 1.87. The number of likely N-dealkylation sites (tertiary alicyclic amines) is 1. The van der Waals surface area contributed by atoms with E-state index in [0.717, 1.165) is 29.3 Å². The molecule has 0 atom stereocenters. The minimum Gasteiger partial charge on any atom is -0.341 e. The summed E-state index contributed by atoms with van der Waals surface area (Å²) >= 11 is 0. The molecule has 2 aromatic rings. The van der Waals surface area contributed by atoms with Crippen molar-refractivity contribution in [2.24, 2.45) is 5.92 Å². The number of H-pyrrole nitrogens is 1. The molecule has 4 nitrogen and oxygen atoms in total. The number of hydrogen-bond donors (Lipinski definition) is 1. The van der Waals surface area contributed by atoms with E-state index in [0.29, 0.717) is 0 Å². The van der Waals surface area contributed by atoms with Gasteiger partial charge in [-0.2, -0.15) is 0 Å². The summed E-state index contributed by atoms with van der Waals surface area (Å²) in [6.45, 7) is 5.89. The van der Waals surface area contributed by atoms with Crippen LogP contribution in [0.5, 0.6) is 0 Å². The maximum atomic E-state index is 4.57. The highest BCUT2D eigenvalue weighted by molar-refractivity contribution is 5.69. The maximum Gasteiger partial charge on any atom is 0.177 e. The van der Waals surface area contributed by atoms with Crippen molar-refractivity contribution >= 4 is 11.2 Å². The highest BCUT2D eigenvalue weighted by Crippen LogP contribution is 2.21. The lowest BCUT2D eigenvalue weighted by molar-refractivity contribution is 0.191. The molecule has 1 N–H and O–H groups in total. The van der Waals surface area contributed by atoms with Crippen LogP contribution in [0, 0.1) is 5.92 Å². The van der Waals surface area contributed by atoms with Gasteiger partial charge in [-0.3, -0.25) is 0 Å². The summed E-state index contributed by atoms with van der Waals surface area (Å²) in [5.41, 5.74) is 1.90. The maximum absolute atomic E-state index is 4.57. The Kier molecular flexibility index (Phi) is 3.28. The molecule has 0 saturated carbocycles. The Labute approximate surface area is 107 Å². The molecule has 3 rings (SSSR count). The van der Waals surface area contributed by atoms with Crippen molar-refractivity contribution in [2.75, 3.05) is 19.6 Å². The molecule has 4 heteroatoms. The first kappa shape index (κ1) is 11.7. The Morgan fingerprint density at radius 1 is 1.39 bits per heavy atom. The Hall–Kier alpha value is -1.42. The van der Waals surface area contributed by atoms with Crippen LogP contribution in [0.2, 0.25) is 0 Å². The summed E-state index contributed by atoms with van der Waals surface area (Å²) in [7, 11) is 0. The molecule has 0 aliphatic carbocycles. The Morgan fingerprint density at radius 2 is 2.22 bits per heavy atom. The van der Waals surface area contributed by atoms with Crippen molar-refractivity contribution in [3.8, 4) is 0 Å². The standard InChI is InChI=1S/C14H20N4/c1-2-18-8-5-11(6-9-18)10-13-16-12-4-3-7-15-14(12)17-13/h3-4,7,11H,2,5-6,8-10H2,1H3,(H,15,16,17). The van der Waals surface area contributed by atoms with Gasteiger partial charge in [0.2, 0.25) is 0 Å². The minimum absolute atomic E-state index is 0.772. The first-order valence-corrected chi connectivity index (χ1v) is 6.87. The zero-order valence-corrected chi connectivity index (χ0v) is 10.9. The van der Waals surface area contributed by atoms with Crippen LogP contribution in [0.4, 0.5) is 0 Å². The van der Waals surface area contributed by atoms with Gasteiger partial charge in [-0.05, 0) is 50.5 Å². The van der Waals surface area contributed by atoms with Crippen LogP contribution in [0.25, 0.3) is 11.2 Å². The van der Waals surface area contributed by atoms with Gasteiger partial charge in [0.15, 0.2) is 5.65 Å². The molecular formula is C14H20N4. The number of fused-ring (bicyclic) bond motifs is 1. The third-order valence-corrected chi connectivity index (χ3v) is 3.94. The number of aromatic nitrogens is 3. The smallest absolute Gasteiger partial charge is 0.177 e. The van der Waals surface area contributed by atoms with Gasteiger partial charge in [-0.15, -0.1) is 0 Å². The van der Waals surface area contributed by atoms with Gasteiger partial charge in [0.05, 0.1) is 5.52 Å². The zero-order valence-electron chi connectivity index (χ0n) is 10.9. The van der Waals surface area contributed by atoms with E-state index in [2.05, 4.69) is 26.8 Å². The van der Waals surface area contributed by atoms with Crippen molar-refractivity contribution in [3.05, 3.63) is 24.2 Å². The molecule has 0 aromatic carbocycles. The highest BCUT2D eigenvalue weighted by Gasteiger charge is 2.19. The molecule has 2 aromatic heterocycles. The average Bonchev–Trinajstić information content (AvgIpc) is 2.82. The number of nitrogens with one attached hydrogen (secondary N) is 1. The van der Waals surface area contributed by atoms with Crippen molar-refractivity contribution in [3.63, 3.8) is 0 Å². The van der Waals surface area contributed by atoms with Gasteiger partial charge in [0.1, 0.15) is 5.82 Å². The van der Waals surface area contributed by atoms with Gasteiger partial charge in [-0.1, -0.05) is 6.92 Å². The fraction of sp³-hybridized carbons (Fsp3) is 0.571. The number of nitrogens with zero attached hydrogens (tertiary/aromatic N) is 3. The summed E-state index contributed by atoms with van der Waals surface area (Å²) < 4.78 is 0. The average molecular weight is 244 g/mol. The monoisotopic (exact) mass is 244 g/mol. The van der Waals surface area contributed by atoms with E-state index in [1.165, 1.54) is 32.5 Å². The number of aromatic amines is 1. The summed E-state index contributed by atoms with van der Waals surface area (Å²) in [4.78, 5) is 14.7. The largest absolute Gasteiger partial charge is 0.341 e. The van der Waals surface area contributed by atoms with E-state index in [1.54, 1.807) is 6.20 Å². The SMILES string of the molecule is CCN1CCC(Cc2nc3ncccc3[nH]2)CC1. The lowest BCUT2D eigenvalue weighted by atomic mass is 9.93. The molecule has 3 heterocycles. The molecule has 96 valence electrons. The van der Waals surface area contributed by atoms with E-state index >= 15 is 0 Å². The van der Waals surface area contributed by atoms with Crippen LogP contribution in [-0.2, 0) is 6.42 Å². The van der Waals surface area contributed by atoms with Crippen LogP contribution >= 0.6 is 0 Å². The fourth-order valence-corrected chi connectivity index (χ4v) is 2.77. The van der Waals surface area contributed by atoms with Gasteiger partial charge in [0, 0.05) is 12.6 Å². The highest BCUT2D eigenvalue weighted by atomic mass is 15.1. The lowest BCUT2D eigenvalue weighted by Crippen LogP contribution is -2.34. The van der Waals surface area contributed by atoms with E-state index < -0.39 is 0 Å². The van der Waals surface area contributed by atoms with Crippen LogP contribution in [-0.4, -0.2) is 39.5 Å². The molecule has 0 amide bonds. The second kappa shape index (κ2) is 5.06. The molecule has 1 aliphatic rings.